The first-order chi connectivity index (χ1) is 10.4. The molecule has 3 nitrogen and oxygen atoms in total. The van der Waals surface area contributed by atoms with Crippen LogP contribution in [-0.4, -0.2) is 5.97 Å². The molecule has 2 rings (SSSR count). The van der Waals surface area contributed by atoms with Crippen molar-refractivity contribution in [2.75, 3.05) is 0 Å². The van der Waals surface area contributed by atoms with Gasteiger partial charge in [0.2, 0.25) is 0 Å². The van der Waals surface area contributed by atoms with Gasteiger partial charge in [0.25, 0.3) is 0 Å². The van der Waals surface area contributed by atoms with Crippen LogP contribution in [0, 0.1) is 13.1 Å². The van der Waals surface area contributed by atoms with Crippen molar-refractivity contribution in [1.82, 2.24) is 0 Å². The lowest BCUT2D eigenvalue weighted by Gasteiger charge is -2.13. The molecule has 5 heteroatoms. The van der Waals surface area contributed by atoms with Crippen molar-refractivity contribution in [2.24, 2.45) is 5.92 Å². The lowest BCUT2D eigenvalue weighted by molar-refractivity contribution is -0.255. The van der Waals surface area contributed by atoms with Gasteiger partial charge in [0.1, 0.15) is 5.75 Å². The highest BCUT2D eigenvalue weighted by Gasteiger charge is 2.11. The van der Waals surface area contributed by atoms with E-state index in [1.165, 1.54) is 17.7 Å². The molecule has 0 saturated heterocycles. The molecule has 0 N–H and O–H groups in total. The Labute approximate surface area is 157 Å². The van der Waals surface area contributed by atoms with Crippen molar-refractivity contribution in [3.8, 4) is 11.5 Å². The van der Waals surface area contributed by atoms with E-state index in [9.17, 15) is 9.90 Å². The summed E-state index contributed by atoms with van der Waals surface area (Å²) in [6.45, 7) is 4.39. The minimum Gasteiger partial charge on any atom is -0.545 e. The summed E-state index contributed by atoms with van der Waals surface area (Å²) in [5.74, 6) is 0.830. The van der Waals surface area contributed by atoms with Crippen molar-refractivity contribution in [1.29, 1.82) is 0 Å². The number of carboxylic acids is 1. The molecule has 0 saturated carbocycles. The summed E-state index contributed by atoms with van der Waals surface area (Å²) < 4.78 is 8.00. The molecule has 0 radical (unpaired) electrons. The number of hydrogen-bond acceptors (Lipinski definition) is 3. The molecule has 0 bridgehead atoms. The standard InChI is InChI=1S/C17H16I2O3/c1-10(2)7-11-8-14(18)16(15(19)9-11)22-13-5-3-12(4-6-13)17(20)21/h3-6,8-10H,7H2,1-2H3,(H,20,21)/p-1. The highest BCUT2D eigenvalue weighted by molar-refractivity contribution is 14.1. The maximum Gasteiger partial charge on any atom is 0.154 e. The Morgan fingerprint density at radius 2 is 1.68 bits per heavy atom. The molecule has 0 fully saturated rings. The summed E-state index contributed by atoms with van der Waals surface area (Å²) in [5, 5.41) is 10.7. The van der Waals surface area contributed by atoms with Crippen molar-refractivity contribution < 1.29 is 14.6 Å². The molecule has 116 valence electrons. The molecule has 0 atom stereocenters. The van der Waals surface area contributed by atoms with Gasteiger partial charge in [0.05, 0.1) is 13.1 Å². The Balaban J connectivity index is 2.24. The van der Waals surface area contributed by atoms with Crippen LogP contribution in [0.3, 0.4) is 0 Å². The highest BCUT2D eigenvalue weighted by atomic mass is 127. The van der Waals surface area contributed by atoms with Gasteiger partial charge in [-0.3, -0.25) is 0 Å². The number of benzene rings is 2. The number of rotatable bonds is 5. The van der Waals surface area contributed by atoms with E-state index in [4.69, 9.17) is 4.74 Å². The van der Waals surface area contributed by atoms with Crippen LogP contribution in [0.15, 0.2) is 36.4 Å². The molecule has 0 aromatic heterocycles. The van der Waals surface area contributed by atoms with Crippen molar-refractivity contribution >= 4 is 51.2 Å². The highest BCUT2D eigenvalue weighted by Crippen LogP contribution is 2.33. The van der Waals surface area contributed by atoms with Crippen molar-refractivity contribution in [3.05, 3.63) is 54.7 Å². The summed E-state index contributed by atoms with van der Waals surface area (Å²) in [4.78, 5) is 10.7. The molecular weight excluding hydrogens is 506 g/mol. The zero-order chi connectivity index (χ0) is 16.3. The zero-order valence-electron chi connectivity index (χ0n) is 12.2. The molecule has 0 amide bonds. The first kappa shape index (κ1) is 17.5. The Morgan fingerprint density at radius 1 is 1.14 bits per heavy atom. The fraction of sp³-hybridized carbons (Fsp3) is 0.235. The van der Waals surface area contributed by atoms with E-state index < -0.39 is 5.97 Å². The Kier molecular flexibility index (Phi) is 6.08. The van der Waals surface area contributed by atoms with Gasteiger partial charge >= 0.3 is 0 Å². The molecular formula is C17H15I2O3-. The fourth-order valence-corrected chi connectivity index (χ4v) is 4.19. The average molecular weight is 521 g/mol. The van der Waals surface area contributed by atoms with Gasteiger partial charge in [0, 0.05) is 0 Å². The molecule has 22 heavy (non-hydrogen) atoms. The van der Waals surface area contributed by atoms with Crippen LogP contribution >= 0.6 is 45.2 Å². The minimum absolute atomic E-state index is 0.143. The van der Waals surface area contributed by atoms with Crippen LogP contribution in [0.4, 0.5) is 0 Å². The first-order valence-electron chi connectivity index (χ1n) is 6.84. The molecule has 0 aliphatic carbocycles. The van der Waals surface area contributed by atoms with E-state index in [1.807, 2.05) is 0 Å². The summed E-state index contributed by atoms with van der Waals surface area (Å²) in [6, 6.07) is 10.5. The molecule has 0 aliphatic heterocycles. The average Bonchev–Trinajstić information content (AvgIpc) is 2.42. The maximum absolute atomic E-state index is 10.7. The zero-order valence-corrected chi connectivity index (χ0v) is 16.5. The molecule has 2 aromatic rings. The van der Waals surface area contributed by atoms with E-state index in [-0.39, 0.29) is 5.56 Å². The third-order valence-corrected chi connectivity index (χ3v) is 4.61. The Hall–Kier alpha value is -0.830. The third-order valence-electron chi connectivity index (χ3n) is 3.01. The SMILES string of the molecule is CC(C)Cc1cc(I)c(Oc2ccc(C(=O)[O-])cc2)c(I)c1. The Morgan fingerprint density at radius 3 is 2.14 bits per heavy atom. The van der Waals surface area contributed by atoms with Crippen LogP contribution in [0.25, 0.3) is 0 Å². The lowest BCUT2D eigenvalue weighted by atomic mass is 10.0. The minimum atomic E-state index is -1.19. The molecule has 0 heterocycles. The number of ether oxygens (including phenoxy) is 1. The predicted octanol–water partition coefficient (Wildman–Crippen LogP) is 4.25. The number of carboxylic acid groups (broad SMARTS) is 1. The van der Waals surface area contributed by atoms with E-state index in [0.29, 0.717) is 11.7 Å². The molecule has 0 spiro atoms. The van der Waals surface area contributed by atoms with Gasteiger partial charge in [-0.05, 0) is 105 Å². The molecule has 0 aliphatic rings. The lowest BCUT2D eigenvalue weighted by Crippen LogP contribution is -2.21. The largest absolute Gasteiger partial charge is 0.545 e. The predicted molar refractivity (Wildman–Crippen MR) is 101 cm³/mol. The van der Waals surface area contributed by atoms with Gasteiger partial charge < -0.3 is 14.6 Å². The van der Waals surface area contributed by atoms with Gasteiger partial charge in [0.15, 0.2) is 5.75 Å². The second-order valence-corrected chi connectivity index (χ2v) is 7.72. The van der Waals surface area contributed by atoms with Crippen LogP contribution in [-0.2, 0) is 6.42 Å². The molecule has 0 unspecified atom stereocenters. The second-order valence-electron chi connectivity index (χ2n) is 5.40. The summed E-state index contributed by atoms with van der Waals surface area (Å²) in [5.41, 5.74) is 1.44. The van der Waals surface area contributed by atoms with Gasteiger partial charge in [-0.1, -0.05) is 13.8 Å². The quantitative estimate of drug-likeness (QED) is 0.554. The number of carbonyl (C=O) groups excluding carboxylic acids is 1. The fourth-order valence-electron chi connectivity index (χ4n) is 2.08. The molecule has 2 aromatic carbocycles. The topological polar surface area (TPSA) is 49.4 Å². The van der Waals surface area contributed by atoms with E-state index in [1.54, 1.807) is 12.1 Å². The summed E-state index contributed by atoms with van der Waals surface area (Å²) in [6.07, 6.45) is 1.03. The maximum atomic E-state index is 10.7. The monoisotopic (exact) mass is 521 g/mol. The van der Waals surface area contributed by atoms with Gasteiger partial charge in [-0.25, -0.2) is 0 Å². The van der Waals surface area contributed by atoms with Gasteiger partial charge in [-0.15, -0.1) is 0 Å². The summed E-state index contributed by atoms with van der Waals surface area (Å²) >= 11 is 4.54. The Bertz CT molecular complexity index is 656. The normalized spacial score (nSPS) is 10.8. The van der Waals surface area contributed by atoms with E-state index >= 15 is 0 Å². The number of halogens is 2. The number of carbonyl (C=O) groups is 1. The van der Waals surface area contributed by atoms with E-state index in [2.05, 4.69) is 71.2 Å². The summed E-state index contributed by atoms with van der Waals surface area (Å²) in [7, 11) is 0. The van der Waals surface area contributed by atoms with Crippen LogP contribution in [0.2, 0.25) is 0 Å². The smallest absolute Gasteiger partial charge is 0.154 e. The van der Waals surface area contributed by atoms with Crippen molar-refractivity contribution in [3.63, 3.8) is 0 Å². The second kappa shape index (κ2) is 7.63. The first-order valence-corrected chi connectivity index (χ1v) is 8.99. The number of aromatic carboxylic acids is 1. The third kappa shape index (κ3) is 4.58. The van der Waals surface area contributed by atoms with Gasteiger partial charge in [-0.2, -0.15) is 0 Å². The van der Waals surface area contributed by atoms with Crippen molar-refractivity contribution in [2.45, 2.75) is 20.3 Å². The van der Waals surface area contributed by atoms with E-state index in [0.717, 1.165) is 19.3 Å². The van der Waals surface area contributed by atoms with Crippen LogP contribution in [0.1, 0.15) is 29.8 Å². The van der Waals surface area contributed by atoms with Crippen LogP contribution in [0.5, 0.6) is 11.5 Å². The number of hydrogen-bond donors (Lipinski definition) is 0. The van der Waals surface area contributed by atoms with Crippen LogP contribution < -0.4 is 9.84 Å².